The van der Waals surface area contributed by atoms with Crippen molar-refractivity contribution in [3.05, 3.63) is 53.1 Å². The van der Waals surface area contributed by atoms with Gasteiger partial charge in [-0.2, -0.15) is 13.2 Å². The minimum absolute atomic E-state index is 0.0265. The van der Waals surface area contributed by atoms with Gasteiger partial charge in [-0.3, -0.25) is 9.52 Å². The van der Waals surface area contributed by atoms with Gasteiger partial charge in [0.2, 0.25) is 0 Å². The molecule has 1 fully saturated rings. The van der Waals surface area contributed by atoms with E-state index < -0.39 is 22.2 Å². The van der Waals surface area contributed by atoms with Gasteiger partial charge in [0.1, 0.15) is 0 Å². The van der Waals surface area contributed by atoms with Gasteiger partial charge in [0.05, 0.1) is 10.5 Å². The van der Waals surface area contributed by atoms with E-state index in [-0.39, 0.29) is 16.8 Å². The first-order valence-electron chi connectivity index (χ1n) is 12.0. The SMILES string of the molecule is CCC(C)NC(=O)c1cc(NS(=O)(=O)c2cc(C)ccc2C)ccc1N1CCNCC1.O=C(O)C(F)(F)F. The molecule has 0 saturated carbocycles. The van der Waals surface area contributed by atoms with E-state index in [1.54, 1.807) is 31.2 Å². The van der Waals surface area contributed by atoms with Crippen LogP contribution in [0, 0.1) is 13.8 Å². The quantitative estimate of drug-likeness (QED) is 0.408. The molecule has 9 nitrogen and oxygen atoms in total. The van der Waals surface area contributed by atoms with Gasteiger partial charge in [0.25, 0.3) is 15.9 Å². The molecule has 1 unspecified atom stereocenters. The molecule has 2 aromatic carbocycles. The fourth-order valence-electron chi connectivity index (χ4n) is 3.57. The summed E-state index contributed by atoms with van der Waals surface area (Å²) in [6.07, 6.45) is -4.27. The maximum absolute atomic E-state index is 13.0. The normalized spacial score (nSPS) is 14.7. The number of hydrogen-bond acceptors (Lipinski definition) is 6. The number of halogens is 3. The van der Waals surface area contributed by atoms with E-state index in [2.05, 4.69) is 20.3 Å². The molecule has 1 heterocycles. The summed E-state index contributed by atoms with van der Waals surface area (Å²) < 4.78 is 60.5. The van der Waals surface area contributed by atoms with E-state index in [0.717, 1.165) is 43.9 Å². The van der Waals surface area contributed by atoms with E-state index in [9.17, 15) is 26.4 Å². The number of anilines is 2. The number of hydrogen-bond donors (Lipinski definition) is 4. The van der Waals surface area contributed by atoms with Gasteiger partial charge in [-0.25, -0.2) is 13.2 Å². The predicted octanol–water partition coefficient (Wildman–Crippen LogP) is 3.68. The molecular weight excluding hydrogens is 525 g/mol. The van der Waals surface area contributed by atoms with Crippen molar-refractivity contribution < 1.29 is 36.3 Å². The molecular formula is C25H33F3N4O5S. The molecule has 0 radical (unpaired) electrons. The van der Waals surface area contributed by atoms with Crippen LogP contribution < -0.4 is 20.3 Å². The highest BCUT2D eigenvalue weighted by atomic mass is 32.2. The van der Waals surface area contributed by atoms with Crippen molar-refractivity contribution in [3.63, 3.8) is 0 Å². The van der Waals surface area contributed by atoms with Crippen LogP contribution in [0.3, 0.4) is 0 Å². The van der Waals surface area contributed by atoms with Crippen LogP contribution in [0.4, 0.5) is 24.5 Å². The highest BCUT2D eigenvalue weighted by Crippen LogP contribution is 2.27. The van der Waals surface area contributed by atoms with E-state index in [1.165, 1.54) is 0 Å². The van der Waals surface area contributed by atoms with E-state index in [0.29, 0.717) is 16.8 Å². The number of alkyl halides is 3. The Morgan fingerprint density at radius 3 is 2.26 bits per heavy atom. The van der Waals surface area contributed by atoms with Crippen molar-refractivity contribution in [2.45, 2.75) is 51.2 Å². The van der Waals surface area contributed by atoms with Crippen LogP contribution in [0.25, 0.3) is 0 Å². The number of carbonyl (C=O) groups is 2. The molecule has 0 spiro atoms. The standard InChI is InChI=1S/C23H32N4O3S.C2HF3O2/c1-5-18(4)25-23(28)20-15-19(8-9-21(20)27-12-10-24-11-13-27)26-31(29,30)22-14-16(2)6-7-17(22)3;3-2(4,5)1(6)7/h6-9,14-15,18,24,26H,5,10-13H2,1-4H3,(H,25,28);(H,6,7). The third-order valence-electron chi connectivity index (χ3n) is 5.82. The summed E-state index contributed by atoms with van der Waals surface area (Å²) in [6, 6.07) is 10.5. The Morgan fingerprint density at radius 2 is 1.71 bits per heavy atom. The second-order valence-electron chi connectivity index (χ2n) is 8.93. The molecule has 0 bridgehead atoms. The maximum atomic E-state index is 13.0. The lowest BCUT2D eigenvalue weighted by Gasteiger charge is -2.31. The van der Waals surface area contributed by atoms with Crippen LogP contribution in [0.2, 0.25) is 0 Å². The minimum Gasteiger partial charge on any atom is -0.475 e. The van der Waals surface area contributed by atoms with Crippen molar-refractivity contribution >= 4 is 33.3 Å². The third kappa shape index (κ3) is 8.62. The number of carbonyl (C=O) groups excluding carboxylic acids is 1. The van der Waals surface area contributed by atoms with Gasteiger partial charge in [-0.15, -0.1) is 0 Å². The molecule has 1 atom stereocenters. The average molecular weight is 559 g/mol. The number of aryl methyl sites for hydroxylation is 2. The number of amides is 1. The predicted molar refractivity (Wildman–Crippen MR) is 139 cm³/mol. The Labute approximate surface area is 220 Å². The second-order valence-corrected chi connectivity index (χ2v) is 10.6. The summed E-state index contributed by atoms with van der Waals surface area (Å²) in [5.41, 5.74) is 3.20. The molecule has 1 amide bonds. The number of nitrogens with one attached hydrogen (secondary N) is 3. The fraction of sp³-hybridized carbons (Fsp3) is 0.440. The van der Waals surface area contributed by atoms with Crippen molar-refractivity contribution in [1.82, 2.24) is 10.6 Å². The number of nitrogens with zero attached hydrogens (tertiary/aromatic N) is 1. The van der Waals surface area contributed by atoms with Gasteiger partial charge in [-0.05, 0) is 62.6 Å². The highest BCUT2D eigenvalue weighted by Gasteiger charge is 2.38. The number of carboxylic acids is 1. The Hall–Kier alpha value is -3.32. The number of benzene rings is 2. The number of carboxylic acid groups (broad SMARTS) is 1. The van der Waals surface area contributed by atoms with Gasteiger partial charge >= 0.3 is 12.1 Å². The first kappa shape index (κ1) is 30.9. The Bertz CT molecular complexity index is 1250. The summed E-state index contributed by atoms with van der Waals surface area (Å²) in [4.78, 5) is 24.3. The summed E-state index contributed by atoms with van der Waals surface area (Å²) in [7, 11) is -3.78. The van der Waals surface area contributed by atoms with Crippen LogP contribution in [-0.2, 0) is 14.8 Å². The third-order valence-corrected chi connectivity index (χ3v) is 7.34. The molecule has 38 heavy (non-hydrogen) atoms. The smallest absolute Gasteiger partial charge is 0.475 e. The van der Waals surface area contributed by atoms with Gasteiger partial charge < -0.3 is 20.6 Å². The summed E-state index contributed by atoms with van der Waals surface area (Å²) in [6.45, 7) is 10.9. The number of aliphatic carboxylic acids is 1. The number of sulfonamides is 1. The van der Waals surface area contributed by atoms with E-state index in [4.69, 9.17) is 9.90 Å². The summed E-state index contributed by atoms with van der Waals surface area (Å²) in [5, 5.41) is 13.4. The van der Waals surface area contributed by atoms with Gasteiger partial charge in [0, 0.05) is 43.6 Å². The lowest BCUT2D eigenvalue weighted by Crippen LogP contribution is -2.44. The summed E-state index contributed by atoms with van der Waals surface area (Å²) >= 11 is 0. The van der Waals surface area contributed by atoms with Crippen LogP contribution in [0.1, 0.15) is 41.8 Å². The molecule has 0 aliphatic carbocycles. The molecule has 1 aliphatic rings. The lowest BCUT2D eigenvalue weighted by atomic mass is 10.1. The van der Waals surface area contributed by atoms with E-state index in [1.807, 2.05) is 32.9 Å². The zero-order chi connectivity index (χ0) is 28.7. The molecule has 1 saturated heterocycles. The first-order chi connectivity index (χ1) is 17.7. The number of rotatable bonds is 7. The van der Waals surface area contributed by atoms with Gasteiger partial charge in [0.15, 0.2) is 0 Å². The van der Waals surface area contributed by atoms with Gasteiger partial charge in [-0.1, -0.05) is 19.1 Å². The zero-order valence-electron chi connectivity index (χ0n) is 21.6. The Morgan fingerprint density at radius 1 is 1.11 bits per heavy atom. The molecule has 1 aliphatic heterocycles. The van der Waals surface area contributed by atoms with Crippen molar-refractivity contribution in [3.8, 4) is 0 Å². The van der Waals surface area contributed by atoms with E-state index >= 15 is 0 Å². The fourth-order valence-corrected chi connectivity index (χ4v) is 4.95. The molecule has 210 valence electrons. The lowest BCUT2D eigenvalue weighted by molar-refractivity contribution is -0.192. The van der Waals surface area contributed by atoms with Crippen LogP contribution in [0.15, 0.2) is 41.3 Å². The Kier molecular flexibility index (Phi) is 10.5. The maximum Gasteiger partial charge on any atom is 0.490 e. The topological polar surface area (TPSA) is 128 Å². The average Bonchev–Trinajstić information content (AvgIpc) is 2.85. The largest absolute Gasteiger partial charge is 0.490 e. The first-order valence-corrected chi connectivity index (χ1v) is 13.4. The Balaban J connectivity index is 0.000000638. The molecule has 0 aromatic heterocycles. The van der Waals surface area contributed by atoms with Crippen molar-refractivity contribution in [1.29, 1.82) is 0 Å². The van der Waals surface area contributed by atoms with Crippen molar-refractivity contribution in [2.75, 3.05) is 35.8 Å². The molecule has 3 rings (SSSR count). The molecule has 4 N–H and O–H groups in total. The number of piperazine rings is 1. The molecule has 13 heteroatoms. The summed E-state index contributed by atoms with van der Waals surface area (Å²) in [5.74, 6) is -2.96. The monoisotopic (exact) mass is 558 g/mol. The molecule has 2 aromatic rings. The minimum atomic E-state index is -5.08. The van der Waals surface area contributed by atoms with Crippen molar-refractivity contribution in [2.24, 2.45) is 0 Å². The van der Waals surface area contributed by atoms with Crippen LogP contribution in [-0.4, -0.2) is 63.8 Å². The zero-order valence-corrected chi connectivity index (χ0v) is 22.5. The highest BCUT2D eigenvalue weighted by molar-refractivity contribution is 7.92. The van der Waals surface area contributed by atoms with Crippen LogP contribution in [0.5, 0.6) is 0 Å². The van der Waals surface area contributed by atoms with Crippen LogP contribution >= 0.6 is 0 Å². The second kappa shape index (κ2) is 13.0.